The normalized spacial score (nSPS) is 22.4. The van der Waals surface area contributed by atoms with Crippen LogP contribution in [-0.4, -0.2) is 30.1 Å². The number of methoxy groups -OCH3 is 1. The molecule has 1 fully saturated rings. The summed E-state index contributed by atoms with van der Waals surface area (Å²) >= 11 is 0. The lowest BCUT2D eigenvalue weighted by molar-refractivity contribution is -0.148. The van der Waals surface area contributed by atoms with E-state index in [0.717, 1.165) is 19.5 Å². The number of carbonyl (C=O) groups excluding carboxylic acids is 1. The van der Waals surface area contributed by atoms with Gasteiger partial charge in [-0.3, -0.25) is 9.69 Å². The number of rotatable bonds is 3. The molecule has 1 unspecified atom stereocenters. The number of hydrogen-bond acceptors (Lipinski definition) is 3. The van der Waals surface area contributed by atoms with E-state index in [0.29, 0.717) is 0 Å². The number of ether oxygens (including phenoxy) is 1. The summed E-state index contributed by atoms with van der Waals surface area (Å²) in [4.78, 5) is 14.2. The molecule has 19 heavy (non-hydrogen) atoms. The second-order valence-electron chi connectivity index (χ2n) is 5.93. The summed E-state index contributed by atoms with van der Waals surface area (Å²) in [5.74, 6) is -0.112. The van der Waals surface area contributed by atoms with E-state index in [1.54, 1.807) is 0 Å². The molecule has 0 amide bonds. The van der Waals surface area contributed by atoms with Crippen molar-refractivity contribution in [2.45, 2.75) is 39.3 Å². The van der Waals surface area contributed by atoms with Gasteiger partial charge in [-0.15, -0.1) is 0 Å². The van der Waals surface area contributed by atoms with Gasteiger partial charge in [0.25, 0.3) is 0 Å². The van der Waals surface area contributed by atoms with Crippen molar-refractivity contribution in [3.05, 3.63) is 35.4 Å². The second kappa shape index (κ2) is 5.33. The molecular weight excluding hydrogens is 238 g/mol. The van der Waals surface area contributed by atoms with Gasteiger partial charge in [-0.05, 0) is 39.3 Å². The van der Waals surface area contributed by atoms with Gasteiger partial charge in [-0.2, -0.15) is 0 Å². The number of nitrogens with zero attached hydrogens (tertiary/aromatic N) is 1. The van der Waals surface area contributed by atoms with Crippen molar-refractivity contribution in [1.82, 2.24) is 4.90 Å². The average Bonchev–Trinajstić information content (AvgIpc) is 2.67. The lowest BCUT2D eigenvalue weighted by Gasteiger charge is -2.35. The standard InChI is InChI=1S/C16H23NO2/c1-12-5-7-13(8-6-12)11-17-10-9-14(15(18)19-4)16(17,2)3/h5-8,14H,9-11H2,1-4H3. The third-order valence-electron chi connectivity index (χ3n) is 4.34. The van der Waals surface area contributed by atoms with E-state index in [9.17, 15) is 4.79 Å². The van der Waals surface area contributed by atoms with Crippen molar-refractivity contribution >= 4 is 5.97 Å². The first-order valence-electron chi connectivity index (χ1n) is 6.83. The smallest absolute Gasteiger partial charge is 0.310 e. The Hall–Kier alpha value is -1.35. The maximum absolute atomic E-state index is 11.8. The van der Waals surface area contributed by atoms with Crippen LogP contribution in [0.25, 0.3) is 0 Å². The largest absolute Gasteiger partial charge is 0.469 e. The highest BCUT2D eigenvalue weighted by molar-refractivity contribution is 5.74. The molecule has 0 saturated carbocycles. The highest BCUT2D eigenvalue weighted by Gasteiger charge is 2.45. The Morgan fingerprint density at radius 1 is 1.37 bits per heavy atom. The minimum atomic E-state index is -0.141. The third kappa shape index (κ3) is 2.81. The number of esters is 1. The van der Waals surface area contributed by atoms with Gasteiger partial charge in [0.15, 0.2) is 0 Å². The lowest BCUT2D eigenvalue weighted by Crippen LogP contribution is -2.44. The van der Waals surface area contributed by atoms with E-state index in [4.69, 9.17) is 4.74 Å². The molecule has 1 saturated heterocycles. The Kier molecular flexibility index (Phi) is 3.95. The lowest BCUT2D eigenvalue weighted by atomic mass is 9.88. The van der Waals surface area contributed by atoms with Gasteiger partial charge in [0.2, 0.25) is 0 Å². The summed E-state index contributed by atoms with van der Waals surface area (Å²) in [5, 5.41) is 0. The summed E-state index contributed by atoms with van der Waals surface area (Å²) in [6, 6.07) is 8.60. The fourth-order valence-electron chi connectivity index (χ4n) is 2.89. The Morgan fingerprint density at radius 2 is 2.00 bits per heavy atom. The number of benzene rings is 1. The van der Waals surface area contributed by atoms with Crippen molar-refractivity contribution in [2.24, 2.45) is 5.92 Å². The van der Waals surface area contributed by atoms with E-state index in [2.05, 4.69) is 49.9 Å². The maximum atomic E-state index is 11.8. The molecule has 0 bridgehead atoms. The molecule has 1 aliphatic rings. The van der Waals surface area contributed by atoms with Gasteiger partial charge in [0, 0.05) is 12.1 Å². The average molecular weight is 261 g/mol. The summed E-state index contributed by atoms with van der Waals surface area (Å²) in [6.45, 7) is 8.20. The van der Waals surface area contributed by atoms with Crippen LogP contribution >= 0.6 is 0 Å². The number of aryl methyl sites for hydroxylation is 1. The van der Waals surface area contributed by atoms with Crippen molar-refractivity contribution in [3.8, 4) is 0 Å². The van der Waals surface area contributed by atoms with Crippen LogP contribution in [0.15, 0.2) is 24.3 Å². The van der Waals surface area contributed by atoms with Crippen LogP contribution in [0.4, 0.5) is 0 Å². The van der Waals surface area contributed by atoms with E-state index < -0.39 is 0 Å². The van der Waals surface area contributed by atoms with E-state index in [-0.39, 0.29) is 17.4 Å². The van der Waals surface area contributed by atoms with Crippen LogP contribution in [0.3, 0.4) is 0 Å². The highest BCUT2D eigenvalue weighted by Crippen LogP contribution is 2.36. The molecule has 1 atom stereocenters. The molecular formula is C16H23NO2. The van der Waals surface area contributed by atoms with E-state index >= 15 is 0 Å². The van der Waals surface area contributed by atoms with Gasteiger partial charge >= 0.3 is 5.97 Å². The van der Waals surface area contributed by atoms with E-state index in [1.165, 1.54) is 18.2 Å². The molecule has 104 valence electrons. The molecule has 1 aromatic rings. The zero-order valence-electron chi connectivity index (χ0n) is 12.3. The fourth-order valence-corrected chi connectivity index (χ4v) is 2.89. The Morgan fingerprint density at radius 3 is 2.58 bits per heavy atom. The molecule has 2 rings (SSSR count). The van der Waals surface area contributed by atoms with Crippen LogP contribution in [0.5, 0.6) is 0 Å². The monoisotopic (exact) mass is 261 g/mol. The van der Waals surface area contributed by atoms with Crippen LogP contribution in [0.2, 0.25) is 0 Å². The van der Waals surface area contributed by atoms with Gasteiger partial charge in [0.05, 0.1) is 13.0 Å². The zero-order valence-corrected chi connectivity index (χ0v) is 12.3. The van der Waals surface area contributed by atoms with Crippen molar-refractivity contribution in [2.75, 3.05) is 13.7 Å². The first-order valence-corrected chi connectivity index (χ1v) is 6.83. The molecule has 3 heteroatoms. The first kappa shape index (κ1) is 14.1. The predicted molar refractivity (Wildman–Crippen MR) is 75.8 cm³/mol. The van der Waals surface area contributed by atoms with Crippen molar-refractivity contribution < 1.29 is 9.53 Å². The molecule has 0 radical (unpaired) electrons. The van der Waals surface area contributed by atoms with Gasteiger partial charge in [-0.25, -0.2) is 0 Å². The molecule has 0 spiro atoms. The van der Waals surface area contributed by atoms with E-state index in [1.807, 2.05) is 0 Å². The van der Waals surface area contributed by atoms with Gasteiger partial charge in [-0.1, -0.05) is 29.8 Å². The number of carbonyl (C=O) groups is 1. The molecule has 1 heterocycles. The van der Waals surface area contributed by atoms with Gasteiger partial charge in [0.1, 0.15) is 0 Å². The van der Waals surface area contributed by atoms with Crippen LogP contribution in [-0.2, 0) is 16.1 Å². The topological polar surface area (TPSA) is 29.5 Å². The molecule has 0 N–H and O–H groups in total. The SMILES string of the molecule is COC(=O)C1CCN(Cc2ccc(C)cc2)C1(C)C. The quantitative estimate of drug-likeness (QED) is 0.784. The molecule has 3 nitrogen and oxygen atoms in total. The maximum Gasteiger partial charge on any atom is 0.310 e. The number of likely N-dealkylation sites (tertiary alicyclic amines) is 1. The Labute approximate surface area is 115 Å². The third-order valence-corrected chi connectivity index (χ3v) is 4.34. The Balaban J connectivity index is 2.10. The van der Waals surface area contributed by atoms with Crippen LogP contribution in [0, 0.1) is 12.8 Å². The second-order valence-corrected chi connectivity index (χ2v) is 5.93. The minimum absolute atomic E-state index is 0.0250. The summed E-state index contributed by atoms with van der Waals surface area (Å²) in [7, 11) is 1.47. The van der Waals surface area contributed by atoms with Crippen LogP contribution in [0.1, 0.15) is 31.4 Å². The Bertz CT molecular complexity index is 450. The molecule has 1 aliphatic heterocycles. The zero-order chi connectivity index (χ0) is 14.0. The summed E-state index contributed by atoms with van der Waals surface area (Å²) in [5.41, 5.74) is 2.43. The highest BCUT2D eigenvalue weighted by atomic mass is 16.5. The minimum Gasteiger partial charge on any atom is -0.469 e. The molecule has 0 aromatic heterocycles. The summed E-state index contributed by atoms with van der Waals surface area (Å²) in [6.07, 6.45) is 0.880. The predicted octanol–water partition coefficient (Wildman–Crippen LogP) is 2.77. The fraction of sp³-hybridized carbons (Fsp3) is 0.562. The first-order chi connectivity index (χ1) is 8.95. The van der Waals surface area contributed by atoms with Crippen LogP contribution < -0.4 is 0 Å². The summed E-state index contributed by atoms with van der Waals surface area (Å²) < 4.78 is 4.92. The molecule has 1 aromatic carbocycles. The molecule has 0 aliphatic carbocycles. The van der Waals surface area contributed by atoms with Crippen molar-refractivity contribution in [1.29, 1.82) is 0 Å². The number of hydrogen-bond donors (Lipinski definition) is 0. The van der Waals surface area contributed by atoms with Crippen molar-refractivity contribution in [3.63, 3.8) is 0 Å². The van der Waals surface area contributed by atoms with Gasteiger partial charge < -0.3 is 4.74 Å².